The second-order valence-electron chi connectivity index (χ2n) is 4.60. The number of halogens is 1. The summed E-state index contributed by atoms with van der Waals surface area (Å²) < 4.78 is 0. The average molecular weight is 393 g/mol. The van der Waals surface area contributed by atoms with Gasteiger partial charge in [0, 0.05) is 17.5 Å². The Balaban J connectivity index is 0.00000324. The molecule has 0 atom stereocenters. The van der Waals surface area contributed by atoms with Crippen molar-refractivity contribution >= 4 is 41.7 Å². The topological polar surface area (TPSA) is 50.4 Å². The number of benzene rings is 1. The Morgan fingerprint density at radius 1 is 1.32 bits per heavy atom. The minimum Gasteiger partial charge on any atom is -0.370 e. The van der Waals surface area contributed by atoms with Crippen LogP contribution in [0.25, 0.3) is 0 Å². The van der Waals surface area contributed by atoms with Crippen LogP contribution in [0.1, 0.15) is 25.0 Å². The summed E-state index contributed by atoms with van der Waals surface area (Å²) in [6, 6.07) is 9.01. The normalized spacial score (nSPS) is 11.3. The molecule has 108 valence electrons. The summed E-state index contributed by atoms with van der Waals surface area (Å²) in [5, 5.41) is 3.08. The summed E-state index contributed by atoms with van der Waals surface area (Å²) >= 11 is 1.88. The molecule has 0 amide bonds. The maximum absolute atomic E-state index is 5.71. The Labute approximate surface area is 137 Å². The number of aryl methyl sites for hydroxylation is 1. The number of aliphatic imine (C=N–C) groups is 1. The van der Waals surface area contributed by atoms with Gasteiger partial charge in [0.05, 0.1) is 6.54 Å². The third-order valence-corrected chi connectivity index (χ3v) is 3.35. The van der Waals surface area contributed by atoms with Crippen LogP contribution in [-0.2, 0) is 5.75 Å². The second kappa shape index (κ2) is 10.4. The van der Waals surface area contributed by atoms with Crippen molar-refractivity contribution in [3.8, 4) is 0 Å². The van der Waals surface area contributed by atoms with E-state index in [9.17, 15) is 0 Å². The van der Waals surface area contributed by atoms with Gasteiger partial charge in [0.2, 0.25) is 0 Å². The van der Waals surface area contributed by atoms with Crippen LogP contribution in [0.3, 0.4) is 0 Å². The SMILES string of the molecule is Cc1ccc(CSCCN=C(N)NC(C)C)cc1.I. The van der Waals surface area contributed by atoms with E-state index >= 15 is 0 Å². The zero-order valence-corrected chi connectivity index (χ0v) is 15.0. The summed E-state index contributed by atoms with van der Waals surface area (Å²) in [5.74, 6) is 2.57. The number of hydrogen-bond donors (Lipinski definition) is 2. The summed E-state index contributed by atoms with van der Waals surface area (Å²) in [7, 11) is 0. The molecule has 0 saturated carbocycles. The molecule has 0 fully saturated rings. The molecular formula is C14H24IN3S. The van der Waals surface area contributed by atoms with Crippen molar-refractivity contribution in [1.82, 2.24) is 5.32 Å². The van der Waals surface area contributed by atoms with Crippen LogP contribution in [-0.4, -0.2) is 24.3 Å². The quantitative estimate of drug-likeness (QED) is 0.338. The molecule has 1 aromatic rings. The van der Waals surface area contributed by atoms with Crippen LogP contribution >= 0.6 is 35.7 Å². The highest BCUT2D eigenvalue weighted by atomic mass is 127. The molecule has 0 saturated heterocycles. The summed E-state index contributed by atoms with van der Waals surface area (Å²) in [4.78, 5) is 4.27. The molecule has 0 unspecified atom stereocenters. The summed E-state index contributed by atoms with van der Waals surface area (Å²) in [6.07, 6.45) is 0. The zero-order valence-electron chi connectivity index (χ0n) is 11.8. The number of nitrogens with two attached hydrogens (primary N) is 1. The van der Waals surface area contributed by atoms with Crippen molar-refractivity contribution in [3.05, 3.63) is 35.4 Å². The molecule has 0 heterocycles. The summed E-state index contributed by atoms with van der Waals surface area (Å²) in [6.45, 7) is 6.97. The molecule has 0 bridgehead atoms. The first kappa shape index (κ1) is 18.6. The lowest BCUT2D eigenvalue weighted by molar-refractivity contribution is 0.725. The highest BCUT2D eigenvalue weighted by Gasteiger charge is 1.95. The smallest absolute Gasteiger partial charge is 0.188 e. The van der Waals surface area contributed by atoms with E-state index in [1.807, 2.05) is 11.8 Å². The molecule has 1 rings (SSSR count). The van der Waals surface area contributed by atoms with E-state index in [0.717, 1.165) is 18.1 Å². The second-order valence-corrected chi connectivity index (χ2v) is 5.71. The van der Waals surface area contributed by atoms with Crippen LogP contribution in [0.4, 0.5) is 0 Å². The fourth-order valence-electron chi connectivity index (χ4n) is 1.45. The molecule has 3 nitrogen and oxygen atoms in total. The van der Waals surface area contributed by atoms with Crippen molar-refractivity contribution in [3.63, 3.8) is 0 Å². The third-order valence-electron chi connectivity index (χ3n) is 2.34. The Kier molecular flexibility index (Phi) is 10.1. The molecule has 0 spiro atoms. The van der Waals surface area contributed by atoms with Gasteiger partial charge in [-0.1, -0.05) is 29.8 Å². The van der Waals surface area contributed by atoms with Gasteiger partial charge < -0.3 is 11.1 Å². The molecule has 5 heteroatoms. The minimum atomic E-state index is 0. The summed E-state index contributed by atoms with van der Waals surface area (Å²) in [5.41, 5.74) is 8.38. The lowest BCUT2D eigenvalue weighted by Gasteiger charge is -2.08. The molecule has 0 aliphatic heterocycles. The number of hydrogen-bond acceptors (Lipinski definition) is 2. The first-order valence-corrected chi connectivity index (χ1v) is 7.43. The van der Waals surface area contributed by atoms with E-state index < -0.39 is 0 Å². The maximum Gasteiger partial charge on any atom is 0.188 e. The van der Waals surface area contributed by atoms with E-state index in [-0.39, 0.29) is 24.0 Å². The number of guanidine groups is 1. The highest BCUT2D eigenvalue weighted by Crippen LogP contribution is 2.12. The van der Waals surface area contributed by atoms with Crippen LogP contribution in [0.5, 0.6) is 0 Å². The largest absolute Gasteiger partial charge is 0.370 e. The molecular weight excluding hydrogens is 369 g/mol. The molecule has 0 radical (unpaired) electrons. The van der Waals surface area contributed by atoms with Crippen LogP contribution in [0, 0.1) is 6.92 Å². The molecule has 0 aliphatic rings. The molecule has 0 aromatic heterocycles. The Hall–Kier alpha value is -0.430. The van der Waals surface area contributed by atoms with Gasteiger partial charge in [-0.2, -0.15) is 11.8 Å². The van der Waals surface area contributed by atoms with Gasteiger partial charge in [-0.05, 0) is 26.3 Å². The predicted octanol–water partition coefficient (Wildman–Crippen LogP) is 3.16. The van der Waals surface area contributed by atoms with Crippen molar-refractivity contribution in [2.45, 2.75) is 32.6 Å². The van der Waals surface area contributed by atoms with Gasteiger partial charge in [-0.3, -0.25) is 4.99 Å². The number of nitrogens with one attached hydrogen (secondary N) is 1. The van der Waals surface area contributed by atoms with E-state index in [4.69, 9.17) is 5.73 Å². The Morgan fingerprint density at radius 2 is 1.95 bits per heavy atom. The van der Waals surface area contributed by atoms with Crippen LogP contribution in [0.2, 0.25) is 0 Å². The zero-order chi connectivity index (χ0) is 13.4. The van der Waals surface area contributed by atoms with Gasteiger partial charge in [-0.15, -0.1) is 24.0 Å². The van der Waals surface area contributed by atoms with Crippen LogP contribution in [0.15, 0.2) is 29.3 Å². The minimum absolute atomic E-state index is 0. The number of nitrogens with zero attached hydrogens (tertiary/aromatic N) is 1. The van der Waals surface area contributed by atoms with Crippen molar-refractivity contribution in [1.29, 1.82) is 0 Å². The Morgan fingerprint density at radius 3 is 2.53 bits per heavy atom. The fraction of sp³-hybridized carbons (Fsp3) is 0.500. The van der Waals surface area contributed by atoms with Gasteiger partial charge in [-0.25, -0.2) is 0 Å². The molecule has 1 aromatic carbocycles. The van der Waals surface area contributed by atoms with Crippen LogP contribution < -0.4 is 11.1 Å². The van der Waals surface area contributed by atoms with E-state index in [1.54, 1.807) is 0 Å². The van der Waals surface area contributed by atoms with Gasteiger partial charge in [0.25, 0.3) is 0 Å². The lowest BCUT2D eigenvalue weighted by Crippen LogP contribution is -2.36. The average Bonchev–Trinajstić information content (AvgIpc) is 2.30. The maximum atomic E-state index is 5.71. The van der Waals surface area contributed by atoms with Crippen molar-refractivity contribution < 1.29 is 0 Å². The van der Waals surface area contributed by atoms with Crippen molar-refractivity contribution in [2.24, 2.45) is 10.7 Å². The highest BCUT2D eigenvalue weighted by molar-refractivity contribution is 14.0. The third kappa shape index (κ3) is 9.15. The molecule has 3 N–H and O–H groups in total. The molecule has 19 heavy (non-hydrogen) atoms. The van der Waals surface area contributed by atoms with E-state index in [1.165, 1.54) is 11.1 Å². The first-order valence-electron chi connectivity index (χ1n) is 6.27. The standard InChI is InChI=1S/C14H23N3S.HI/c1-11(2)17-14(15)16-8-9-18-10-13-6-4-12(3)5-7-13;/h4-7,11H,8-10H2,1-3H3,(H3,15,16,17);1H. The van der Waals surface area contributed by atoms with Gasteiger partial charge in [0.1, 0.15) is 0 Å². The van der Waals surface area contributed by atoms with Gasteiger partial charge in [0.15, 0.2) is 5.96 Å². The predicted molar refractivity (Wildman–Crippen MR) is 97.5 cm³/mol. The van der Waals surface area contributed by atoms with E-state index in [0.29, 0.717) is 12.0 Å². The number of rotatable bonds is 6. The fourth-order valence-corrected chi connectivity index (χ4v) is 2.24. The number of thioether (sulfide) groups is 1. The van der Waals surface area contributed by atoms with Gasteiger partial charge >= 0.3 is 0 Å². The lowest BCUT2D eigenvalue weighted by atomic mass is 10.2. The molecule has 0 aliphatic carbocycles. The van der Waals surface area contributed by atoms with Crippen molar-refractivity contribution in [2.75, 3.05) is 12.3 Å². The van der Waals surface area contributed by atoms with E-state index in [2.05, 4.69) is 55.3 Å². The Bertz CT molecular complexity index is 377. The first-order chi connectivity index (χ1) is 8.58. The monoisotopic (exact) mass is 393 g/mol.